The van der Waals surface area contributed by atoms with Gasteiger partial charge in [0.1, 0.15) is 0 Å². The first-order chi connectivity index (χ1) is 5.74. The first-order valence-corrected chi connectivity index (χ1v) is 4.61. The Labute approximate surface area is 73.1 Å². The molecule has 2 aliphatic carbocycles. The molecule has 0 spiro atoms. The lowest BCUT2D eigenvalue weighted by Gasteiger charge is -2.22. The van der Waals surface area contributed by atoms with Crippen LogP contribution >= 0.6 is 0 Å². The van der Waals surface area contributed by atoms with Gasteiger partial charge in [0.25, 0.3) is 0 Å². The molecule has 3 nitrogen and oxygen atoms in total. The van der Waals surface area contributed by atoms with E-state index in [2.05, 4.69) is 24.2 Å². The zero-order valence-corrected chi connectivity index (χ0v) is 7.70. The molecule has 2 rings (SSSR count). The van der Waals surface area contributed by atoms with Crippen LogP contribution in [0.3, 0.4) is 0 Å². The van der Waals surface area contributed by atoms with Crippen LogP contribution in [0.5, 0.6) is 0 Å². The Morgan fingerprint density at radius 1 is 1.42 bits per heavy atom. The van der Waals surface area contributed by atoms with Gasteiger partial charge in [0.05, 0.1) is 5.71 Å². The Balaban J connectivity index is 2.20. The van der Waals surface area contributed by atoms with Crippen molar-refractivity contribution >= 4 is 5.71 Å². The highest BCUT2D eigenvalue weighted by atomic mass is 16.4. The molecule has 1 N–H and O–H groups in total. The summed E-state index contributed by atoms with van der Waals surface area (Å²) in [5, 5.41) is 12.1. The van der Waals surface area contributed by atoms with Gasteiger partial charge in [-0.3, -0.25) is 0 Å². The van der Waals surface area contributed by atoms with Crippen molar-refractivity contribution in [3.8, 4) is 0 Å². The maximum absolute atomic E-state index is 8.76. The summed E-state index contributed by atoms with van der Waals surface area (Å²) in [5.74, 6) is 1.28. The second-order valence-corrected chi connectivity index (χ2v) is 4.19. The number of rotatable bonds is 1. The Kier molecular flexibility index (Phi) is 1.83. The SMILES string of the molecule is CN(C)C1C2CCC1C(=NO)C2. The predicted octanol–water partition coefficient (Wildman–Crippen LogP) is 1.18. The Morgan fingerprint density at radius 2 is 2.17 bits per heavy atom. The van der Waals surface area contributed by atoms with Crippen molar-refractivity contribution in [1.29, 1.82) is 0 Å². The minimum absolute atomic E-state index is 0.537. The van der Waals surface area contributed by atoms with E-state index in [0.717, 1.165) is 18.1 Å². The summed E-state index contributed by atoms with van der Waals surface area (Å²) >= 11 is 0. The van der Waals surface area contributed by atoms with Gasteiger partial charge in [-0.2, -0.15) is 0 Å². The van der Waals surface area contributed by atoms with Crippen molar-refractivity contribution in [2.24, 2.45) is 17.0 Å². The normalized spacial score (nSPS) is 43.2. The van der Waals surface area contributed by atoms with E-state index in [-0.39, 0.29) is 0 Å². The van der Waals surface area contributed by atoms with Crippen LogP contribution in [0.25, 0.3) is 0 Å². The molecule has 0 aromatic rings. The second kappa shape index (κ2) is 2.73. The van der Waals surface area contributed by atoms with Crippen LogP contribution in [0.15, 0.2) is 5.16 Å². The van der Waals surface area contributed by atoms with Crippen molar-refractivity contribution in [1.82, 2.24) is 4.90 Å². The van der Waals surface area contributed by atoms with E-state index in [0.29, 0.717) is 12.0 Å². The average Bonchev–Trinajstić information content (AvgIpc) is 2.59. The highest BCUT2D eigenvalue weighted by Crippen LogP contribution is 2.44. The predicted molar refractivity (Wildman–Crippen MR) is 47.5 cm³/mol. The summed E-state index contributed by atoms with van der Waals surface area (Å²) in [4.78, 5) is 2.28. The number of oxime groups is 1. The van der Waals surface area contributed by atoms with Crippen LogP contribution in [0, 0.1) is 11.8 Å². The van der Waals surface area contributed by atoms with Crippen LogP contribution < -0.4 is 0 Å². The molecule has 0 saturated heterocycles. The number of hydrogen-bond acceptors (Lipinski definition) is 3. The quantitative estimate of drug-likeness (QED) is 0.471. The van der Waals surface area contributed by atoms with Crippen molar-refractivity contribution in [2.75, 3.05) is 14.1 Å². The lowest BCUT2D eigenvalue weighted by Crippen LogP contribution is -2.32. The standard InChI is InChI=1S/C9H16N2O/c1-11(2)9-6-3-4-7(9)8(5-6)10-12/h6-7,9,12H,3-5H2,1-2H3. The highest BCUT2D eigenvalue weighted by molar-refractivity contribution is 5.90. The molecule has 3 atom stereocenters. The van der Waals surface area contributed by atoms with Crippen molar-refractivity contribution < 1.29 is 5.21 Å². The number of hydrogen-bond donors (Lipinski definition) is 1. The van der Waals surface area contributed by atoms with Gasteiger partial charge in [-0.1, -0.05) is 5.16 Å². The Morgan fingerprint density at radius 3 is 2.58 bits per heavy atom. The molecule has 0 heterocycles. The largest absolute Gasteiger partial charge is 0.411 e. The van der Waals surface area contributed by atoms with Gasteiger partial charge in [0.15, 0.2) is 0 Å². The average molecular weight is 168 g/mol. The van der Waals surface area contributed by atoms with Gasteiger partial charge < -0.3 is 10.1 Å². The van der Waals surface area contributed by atoms with E-state index in [1.165, 1.54) is 12.8 Å². The van der Waals surface area contributed by atoms with Gasteiger partial charge in [-0.25, -0.2) is 0 Å². The molecule has 68 valence electrons. The third kappa shape index (κ3) is 0.959. The molecular formula is C9H16N2O. The summed E-state index contributed by atoms with van der Waals surface area (Å²) in [7, 11) is 4.24. The van der Waals surface area contributed by atoms with Crippen LogP contribution in [0.4, 0.5) is 0 Å². The van der Waals surface area contributed by atoms with Gasteiger partial charge >= 0.3 is 0 Å². The molecule has 0 amide bonds. The molecule has 2 fully saturated rings. The van der Waals surface area contributed by atoms with Gasteiger partial charge in [-0.05, 0) is 39.3 Å². The minimum atomic E-state index is 0.537. The second-order valence-electron chi connectivity index (χ2n) is 4.19. The highest BCUT2D eigenvalue weighted by Gasteiger charge is 2.47. The molecule has 0 aromatic heterocycles. The van der Waals surface area contributed by atoms with Gasteiger partial charge in [0, 0.05) is 12.0 Å². The smallest absolute Gasteiger partial charge is 0.0620 e. The van der Waals surface area contributed by atoms with Gasteiger partial charge in [-0.15, -0.1) is 0 Å². The topological polar surface area (TPSA) is 35.8 Å². The number of fused-ring (bicyclic) bond motifs is 2. The number of nitrogens with zero attached hydrogens (tertiary/aromatic N) is 2. The zero-order valence-electron chi connectivity index (χ0n) is 7.70. The lowest BCUT2D eigenvalue weighted by atomic mass is 9.99. The molecule has 3 heteroatoms. The van der Waals surface area contributed by atoms with E-state index in [1.807, 2.05) is 0 Å². The maximum Gasteiger partial charge on any atom is 0.0620 e. The zero-order chi connectivity index (χ0) is 8.72. The molecule has 3 unspecified atom stereocenters. The van der Waals surface area contributed by atoms with Crippen molar-refractivity contribution in [2.45, 2.75) is 25.3 Å². The molecular weight excluding hydrogens is 152 g/mol. The van der Waals surface area contributed by atoms with E-state index < -0.39 is 0 Å². The molecule has 2 saturated carbocycles. The Bertz CT molecular complexity index is 213. The first-order valence-electron chi connectivity index (χ1n) is 4.61. The third-order valence-corrected chi connectivity index (χ3v) is 3.37. The minimum Gasteiger partial charge on any atom is -0.411 e. The van der Waals surface area contributed by atoms with Gasteiger partial charge in [0.2, 0.25) is 0 Å². The van der Waals surface area contributed by atoms with E-state index in [1.54, 1.807) is 0 Å². The summed E-state index contributed by atoms with van der Waals surface area (Å²) < 4.78 is 0. The van der Waals surface area contributed by atoms with Crippen LogP contribution in [0.2, 0.25) is 0 Å². The first kappa shape index (κ1) is 8.05. The van der Waals surface area contributed by atoms with Crippen LogP contribution in [-0.2, 0) is 0 Å². The Hall–Kier alpha value is -0.570. The molecule has 2 bridgehead atoms. The third-order valence-electron chi connectivity index (χ3n) is 3.37. The van der Waals surface area contributed by atoms with E-state index in [4.69, 9.17) is 5.21 Å². The molecule has 0 radical (unpaired) electrons. The lowest BCUT2D eigenvalue weighted by molar-refractivity contribution is 0.241. The van der Waals surface area contributed by atoms with Crippen molar-refractivity contribution in [3.05, 3.63) is 0 Å². The fourth-order valence-electron chi connectivity index (χ4n) is 2.97. The summed E-state index contributed by atoms with van der Waals surface area (Å²) in [6, 6.07) is 0.635. The maximum atomic E-state index is 8.76. The summed E-state index contributed by atoms with van der Waals surface area (Å²) in [6.45, 7) is 0. The van der Waals surface area contributed by atoms with Crippen LogP contribution in [-0.4, -0.2) is 36.0 Å². The summed E-state index contributed by atoms with van der Waals surface area (Å²) in [6.07, 6.45) is 3.55. The summed E-state index contributed by atoms with van der Waals surface area (Å²) in [5.41, 5.74) is 1.03. The fraction of sp³-hybridized carbons (Fsp3) is 0.889. The monoisotopic (exact) mass is 168 g/mol. The fourth-order valence-corrected chi connectivity index (χ4v) is 2.97. The van der Waals surface area contributed by atoms with E-state index >= 15 is 0 Å². The molecule has 0 aromatic carbocycles. The van der Waals surface area contributed by atoms with E-state index in [9.17, 15) is 0 Å². The molecule has 0 aliphatic heterocycles. The van der Waals surface area contributed by atoms with Crippen LogP contribution in [0.1, 0.15) is 19.3 Å². The van der Waals surface area contributed by atoms with Crippen molar-refractivity contribution in [3.63, 3.8) is 0 Å². The molecule has 2 aliphatic rings. The molecule has 12 heavy (non-hydrogen) atoms.